The second kappa shape index (κ2) is 6.65. The average Bonchev–Trinajstić information content (AvgIpc) is 2.33. The van der Waals surface area contributed by atoms with E-state index in [4.69, 9.17) is 10.6 Å². The Bertz CT molecular complexity index is 450. The molecule has 0 amide bonds. The van der Waals surface area contributed by atoms with Crippen LogP contribution >= 0.6 is 0 Å². The predicted octanol–water partition coefficient (Wildman–Crippen LogP) is 2.87. The van der Waals surface area contributed by atoms with Crippen molar-refractivity contribution in [1.82, 2.24) is 0 Å². The molecule has 3 N–H and O–H groups in total. The van der Waals surface area contributed by atoms with Gasteiger partial charge in [0.25, 0.3) is 0 Å². The number of benzene rings is 1. The van der Waals surface area contributed by atoms with Crippen LogP contribution < -0.4 is 10.1 Å². The first-order valence-corrected chi connectivity index (χ1v) is 5.06. The fourth-order valence-corrected chi connectivity index (χ4v) is 1.19. The molecule has 0 saturated heterocycles. The largest absolute Gasteiger partial charge is 0.434 e. The fraction of sp³-hybridized carbons (Fsp3) is 0.273. The Morgan fingerprint density at radius 1 is 1.61 bits per heavy atom. The van der Waals surface area contributed by atoms with Crippen molar-refractivity contribution in [3.63, 3.8) is 0 Å². The molecule has 0 aromatic heterocycles. The van der Waals surface area contributed by atoms with Crippen LogP contribution in [0.2, 0.25) is 0 Å². The van der Waals surface area contributed by atoms with Crippen molar-refractivity contribution in [2.45, 2.75) is 13.5 Å². The maximum Gasteiger partial charge on any atom is 0.387 e. The second-order valence-corrected chi connectivity index (χ2v) is 3.41. The number of nitrogens with zero attached hydrogens (tertiary/aromatic N) is 1. The van der Waals surface area contributed by atoms with Gasteiger partial charge in [0.1, 0.15) is 11.4 Å². The summed E-state index contributed by atoms with van der Waals surface area (Å²) in [5, 5.41) is 14.6. The number of alkyl halides is 2. The first-order valence-electron chi connectivity index (χ1n) is 5.06. The third-order valence-electron chi connectivity index (χ3n) is 2.12. The molecule has 0 aliphatic carbocycles. The van der Waals surface area contributed by atoms with E-state index in [-0.39, 0.29) is 18.1 Å². The van der Waals surface area contributed by atoms with Crippen molar-refractivity contribution in [1.29, 1.82) is 5.53 Å². The zero-order chi connectivity index (χ0) is 13.5. The van der Waals surface area contributed by atoms with E-state index < -0.39 is 6.61 Å². The fourth-order valence-electron chi connectivity index (χ4n) is 1.19. The molecule has 5 nitrogen and oxygen atoms in total. The molecule has 1 rings (SSSR count). The highest BCUT2D eigenvalue weighted by molar-refractivity contribution is 5.53. The summed E-state index contributed by atoms with van der Waals surface area (Å²) in [6.45, 7) is -1.62. The van der Waals surface area contributed by atoms with Crippen LogP contribution in [0.5, 0.6) is 5.75 Å². The molecule has 0 atom stereocenters. The number of aliphatic hydroxyl groups is 1. The molecule has 98 valence electrons. The minimum Gasteiger partial charge on any atom is -0.434 e. The van der Waals surface area contributed by atoms with Crippen LogP contribution in [0.3, 0.4) is 0 Å². The van der Waals surface area contributed by atoms with E-state index in [9.17, 15) is 8.78 Å². The monoisotopic (exact) mass is 257 g/mol. The van der Waals surface area contributed by atoms with E-state index in [0.717, 1.165) is 0 Å². The Morgan fingerprint density at radius 2 is 2.33 bits per heavy atom. The quantitative estimate of drug-likeness (QED) is 0.686. The highest BCUT2D eigenvalue weighted by atomic mass is 19.3. The van der Waals surface area contributed by atoms with E-state index >= 15 is 0 Å². The summed E-state index contributed by atoms with van der Waals surface area (Å²) in [6.07, 6.45) is 1.31. The summed E-state index contributed by atoms with van der Waals surface area (Å²) in [5.74, 6) is 0.0664. The summed E-state index contributed by atoms with van der Waals surface area (Å²) in [5.41, 5.74) is 7.92. The normalized spacial score (nSPS) is 11.5. The molecule has 18 heavy (non-hydrogen) atoms. The SMILES string of the molecule is Cc1ccc(N/C=C(/CO)N=N)cc1OC(F)F. The predicted molar refractivity (Wildman–Crippen MR) is 61.8 cm³/mol. The number of anilines is 1. The standard InChI is InChI=1S/C11H13F2N3O2/c1-7-2-3-8(4-10(7)18-11(12)13)15-5-9(6-17)16-14/h2-5,11,14-15,17H,6H2,1H3/b9-5-,16-14?. The maximum atomic E-state index is 12.1. The van der Waals surface area contributed by atoms with Gasteiger partial charge in [-0.3, -0.25) is 0 Å². The van der Waals surface area contributed by atoms with E-state index in [2.05, 4.69) is 15.2 Å². The molecular weight excluding hydrogens is 244 g/mol. The molecular formula is C11H13F2N3O2. The van der Waals surface area contributed by atoms with Crippen LogP contribution in [0.4, 0.5) is 14.5 Å². The van der Waals surface area contributed by atoms with Gasteiger partial charge in [0.2, 0.25) is 0 Å². The molecule has 0 radical (unpaired) electrons. The Morgan fingerprint density at radius 3 is 2.89 bits per heavy atom. The van der Waals surface area contributed by atoms with Crippen molar-refractivity contribution < 1.29 is 18.6 Å². The molecule has 0 bridgehead atoms. The Labute approximate surface area is 103 Å². The lowest BCUT2D eigenvalue weighted by Gasteiger charge is -2.10. The number of nitrogens with one attached hydrogen (secondary N) is 2. The van der Waals surface area contributed by atoms with E-state index in [1.54, 1.807) is 19.1 Å². The molecule has 0 heterocycles. The molecule has 1 aromatic carbocycles. The van der Waals surface area contributed by atoms with E-state index in [1.165, 1.54) is 12.3 Å². The number of hydrogen-bond acceptors (Lipinski definition) is 5. The van der Waals surface area contributed by atoms with E-state index in [0.29, 0.717) is 11.3 Å². The molecule has 0 aliphatic heterocycles. The van der Waals surface area contributed by atoms with Crippen molar-refractivity contribution >= 4 is 5.69 Å². The van der Waals surface area contributed by atoms with Crippen molar-refractivity contribution in [3.05, 3.63) is 35.7 Å². The topological polar surface area (TPSA) is 77.7 Å². The maximum absolute atomic E-state index is 12.1. The summed E-state index contributed by atoms with van der Waals surface area (Å²) < 4.78 is 28.6. The van der Waals surface area contributed by atoms with Crippen LogP contribution in [-0.4, -0.2) is 18.3 Å². The minimum atomic E-state index is -2.88. The summed E-state index contributed by atoms with van der Waals surface area (Å²) in [7, 11) is 0. The van der Waals surface area contributed by atoms with Gasteiger partial charge in [-0.2, -0.15) is 13.9 Å². The van der Waals surface area contributed by atoms with E-state index in [1.807, 2.05) is 0 Å². The van der Waals surface area contributed by atoms with Crippen molar-refractivity contribution in [2.24, 2.45) is 5.11 Å². The number of halogens is 2. The molecule has 0 spiro atoms. The minimum absolute atomic E-state index is 0.0664. The lowest BCUT2D eigenvalue weighted by molar-refractivity contribution is -0.0502. The lowest BCUT2D eigenvalue weighted by atomic mass is 10.2. The number of hydrogen-bond donors (Lipinski definition) is 3. The number of aliphatic hydroxyl groups excluding tert-OH is 1. The van der Waals surface area contributed by atoms with Crippen LogP contribution in [0.15, 0.2) is 35.2 Å². The Balaban J connectivity index is 2.84. The summed E-state index contributed by atoms with van der Waals surface area (Å²) in [6, 6.07) is 4.67. The van der Waals surface area contributed by atoms with Crippen LogP contribution in [0, 0.1) is 12.5 Å². The first-order chi connectivity index (χ1) is 8.56. The highest BCUT2D eigenvalue weighted by Crippen LogP contribution is 2.24. The third kappa shape index (κ3) is 4.10. The van der Waals surface area contributed by atoms with Gasteiger partial charge < -0.3 is 15.2 Å². The molecule has 1 aromatic rings. The third-order valence-corrected chi connectivity index (χ3v) is 2.12. The molecule has 0 aliphatic rings. The number of rotatable bonds is 6. The second-order valence-electron chi connectivity index (χ2n) is 3.41. The molecule has 0 unspecified atom stereocenters. The van der Waals surface area contributed by atoms with Gasteiger partial charge in [-0.25, -0.2) is 5.53 Å². The zero-order valence-corrected chi connectivity index (χ0v) is 9.65. The highest BCUT2D eigenvalue weighted by Gasteiger charge is 2.07. The molecule has 0 saturated carbocycles. The first kappa shape index (κ1) is 14.0. The lowest BCUT2D eigenvalue weighted by Crippen LogP contribution is -2.04. The van der Waals surface area contributed by atoms with Crippen molar-refractivity contribution in [2.75, 3.05) is 11.9 Å². The number of ether oxygens (including phenoxy) is 1. The van der Waals surface area contributed by atoms with Gasteiger partial charge in [0.05, 0.1) is 6.61 Å². The van der Waals surface area contributed by atoms with Gasteiger partial charge >= 0.3 is 6.61 Å². The van der Waals surface area contributed by atoms with Crippen LogP contribution in [0.1, 0.15) is 5.56 Å². The Hall–Kier alpha value is -2.02. The van der Waals surface area contributed by atoms with Gasteiger partial charge in [0, 0.05) is 18.0 Å². The summed E-state index contributed by atoms with van der Waals surface area (Å²) >= 11 is 0. The van der Waals surface area contributed by atoms with Crippen LogP contribution in [0.25, 0.3) is 0 Å². The molecule has 0 fully saturated rings. The zero-order valence-electron chi connectivity index (χ0n) is 9.65. The van der Waals surface area contributed by atoms with Gasteiger partial charge in [0.15, 0.2) is 0 Å². The van der Waals surface area contributed by atoms with Gasteiger partial charge in [-0.05, 0) is 18.6 Å². The molecule has 7 heteroatoms. The van der Waals surface area contributed by atoms with Gasteiger partial charge in [-0.15, -0.1) is 0 Å². The van der Waals surface area contributed by atoms with Crippen molar-refractivity contribution in [3.8, 4) is 5.75 Å². The Kier molecular flexibility index (Phi) is 5.19. The van der Waals surface area contributed by atoms with Gasteiger partial charge in [-0.1, -0.05) is 6.07 Å². The van der Waals surface area contributed by atoms with Crippen LogP contribution in [-0.2, 0) is 0 Å². The average molecular weight is 257 g/mol. The summed E-state index contributed by atoms with van der Waals surface area (Å²) in [4.78, 5) is 0. The smallest absolute Gasteiger partial charge is 0.387 e. The number of aryl methyl sites for hydroxylation is 1.